The second-order valence-electron chi connectivity index (χ2n) is 4.42. The Labute approximate surface area is 121 Å². The second kappa shape index (κ2) is 5.92. The largest absolute Gasteiger partial charge is 0.465 e. The van der Waals surface area contributed by atoms with E-state index in [9.17, 15) is 10.1 Å². The zero-order chi connectivity index (χ0) is 14.7. The molecule has 0 saturated carbocycles. The van der Waals surface area contributed by atoms with E-state index in [2.05, 4.69) is 16.0 Å². The van der Waals surface area contributed by atoms with Crippen LogP contribution < -0.4 is 4.90 Å². The van der Waals surface area contributed by atoms with Crippen molar-refractivity contribution in [2.45, 2.75) is 12.8 Å². The van der Waals surface area contributed by atoms with E-state index in [0.717, 1.165) is 0 Å². The van der Waals surface area contributed by atoms with Crippen molar-refractivity contribution in [2.75, 3.05) is 31.1 Å². The number of nitrogens with zero attached hydrogens (tertiary/aromatic N) is 5. The Morgan fingerprint density at radius 1 is 1.40 bits per heavy atom. The van der Waals surface area contributed by atoms with Crippen molar-refractivity contribution in [3.8, 4) is 6.07 Å². The fourth-order valence-electron chi connectivity index (χ4n) is 2.16. The number of carboxylic acid groups (broad SMARTS) is 1. The van der Waals surface area contributed by atoms with Crippen molar-refractivity contribution in [3.63, 3.8) is 0 Å². The predicted molar refractivity (Wildman–Crippen MR) is 72.9 cm³/mol. The van der Waals surface area contributed by atoms with Crippen LogP contribution in [0.2, 0.25) is 0 Å². The molecule has 0 aromatic carbocycles. The Morgan fingerprint density at radius 2 is 2.05 bits per heavy atom. The Bertz CT molecular complexity index is 564. The lowest BCUT2D eigenvalue weighted by Gasteiger charge is -2.34. The topological polar surface area (TPSA) is 93.4 Å². The van der Waals surface area contributed by atoms with Gasteiger partial charge in [0.25, 0.3) is 0 Å². The molecule has 1 N–H and O–H groups in total. The Balaban J connectivity index is 2.28. The summed E-state index contributed by atoms with van der Waals surface area (Å²) < 4.78 is 0. The summed E-state index contributed by atoms with van der Waals surface area (Å²) in [5.41, 5.74) is 0.881. The average Bonchev–Trinajstić information content (AvgIpc) is 2.46. The molecule has 2 heterocycles. The Kier molecular flexibility index (Phi) is 4.25. The molecule has 1 amide bonds. The Morgan fingerprint density at radius 3 is 2.55 bits per heavy atom. The normalized spacial score (nSPS) is 15.1. The molecule has 106 valence electrons. The van der Waals surface area contributed by atoms with Gasteiger partial charge in [-0.2, -0.15) is 5.26 Å². The number of nitriles is 1. The number of alkyl halides is 1. The van der Waals surface area contributed by atoms with Crippen molar-refractivity contribution < 1.29 is 9.90 Å². The highest BCUT2D eigenvalue weighted by Crippen LogP contribution is 2.22. The molecule has 1 aromatic heterocycles. The average molecular weight is 296 g/mol. The van der Waals surface area contributed by atoms with E-state index in [4.69, 9.17) is 16.7 Å². The minimum Gasteiger partial charge on any atom is -0.465 e. The van der Waals surface area contributed by atoms with E-state index in [1.165, 1.54) is 4.90 Å². The van der Waals surface area contributed by atoms with E-state index >= 15 is 0 Å². The summed E-state index contributed by atoms with van der Waals surface area (Å²) in [4.78, 5) is 22.6. The minimum absolute atomic E-state index is 0.147. The van der Waals surface area contributed by atoms with Gasteiger partial charge < -0.3 is 14.9 Å². The van der Waals surface area contributed by atoms with Crippen LogP contribution in [0.3, 0.4) is 0 Å². The first-order valence-electron chi connectivity index (χ1n) is 6.13. The van der Waals surface area contributed by atoms with Gasteiger partial charge in [0.1, 0.15) is 17.5 Å². The van der Waals surface area contributed by atoms with Crippen LogP contribution >= 0.6 is 11.6 Å². The van der Waals surface area contributed by atoms with E-state index < -0.39 is 6.09 Å². The fourth-order valence-corrected chi connectivity index (χ4v) is 2.36. The zero-order valence-electron chi connectivity index (χ0n) is 11.0. The highest BCUT2D eigenvalue weighted by molar-refractivity contribution is 6.17. The van der Waals surface area contributed by atoms with Gasteiger partial charge in [-0.15, -0.1) is 11.6 Å². The SMILES string of the molecule is Cc1nc(CCl)c(C#N)c(N2CCN(C(=O)O)CC2)n1. The van der Waals surface area contributed by atoms with Crippen LogP contribution in [0.1, 0.15) is 17.1 Å². The number of hydrogen-bond donors (Lipinski definition) is 1. The Hall–Kier alpha value is -2.07. The predicted octanol–water partition coefficient (Wildman–Crippen LogP) is 1.20. The highest BCUT2D eigenvalue weighted by Gasteiger charge is 2.24. The molecule has 0 radical (unpaired) electrons. The number of aromatic nitrogens is 2. The van der Waals surface area contributed by atoms with Crippen LogP contribution in [0, 0.1) is 18.3 Å². The third kappa shape index (κ3) is 2.75. The molecule has 0 unspecified atom stereocenters. The first-order valence-corrected chi connectivity index (χ1v) is 6.66. The molecule has 8 heteroatoms. The summed E-state index contributed by atoms with van der Waals surface area (Å²) >= 11 is 5.81. The van der Waals surface area contributed by atoms with Crippen LogP contribution in [-0.4, -0.2) is 52.2 Å². The van der Waals surface area contributed by atoms with Gasteiger partial charge in [-0.05, 0) is 6.92 Å². The monoisotopic (exact) mass is 295 g/mol. The molecule has 1 aromatic rings. The summed E-state index contributed by atoms with van der Waals surface area (Å²) in [6.45, 7) is 3.52. The molecule has 0 bridgehead atoms. The van der Waals surface area contributed by atoms with Gasteiger partial charge in [-0.25, -0.2) is 14.8 Å². The maximum Gasteiger partial charge on any atom is 0.407 e. The number of hydrogen-bond acceptors (Lipinski definition) is 5. The highest BCUT2D eigenvalue weighted by atomic mass is 35.5. The van der Waals surface area contributed by atoms with Crippen LogP contribution in [-0.2, 0) is 5.88 Å². The van der Waals surface area contributed by atoms with E-state index in [-0.39, 0.29) is 5.88 Å². The lowest BCUT2D eigenvalue weighted by atomic mass is 10.2. The molecule has 1 aliphatic rings. The molecule has 0 aliphatic carbocycles. The van der Waals surface area contributed by atoms with Gasteiger partial charge in [0.05, 0.1) is 11.6 Å². The maximum absolute atomic E-state index is 10.9. The summed E-state index contributed by atoms with van der Waals surface area (Å²) in [5.74, 6) is 1.24. The number of carbonyl (C=O) groups is 1. The van der Waals surface area contributed by atoms with Crippen molar-refractivity contribution >= 4 is 23.5 Å². The third-order valence-electron chi connectivity index (χ3n) is 3.16. The van der Waals surface area contributed by atoms with E-state index in [0.29, 0.717) is 49.1 Å². The molecule has 1 fully saturated rings. The van der Waals surface area contributed by atoms with Crippen LogP contribution in [0.4, 0.5) is 10.6 Å². The summed E-state index contributed by atoms with van der Waals surface area (Å²) in [5, 5.41) is 18.2. The quantitative estimate of drug-likeness (QED) is 0.824. The van der Waals surface area contributed by atoms with Crippen molar-refractivity contribution in [1.82, 2.24) is 14.9 Å². The first-order chi connectivity index (χ1) is 9.56. The molecule has 20 heavy (non-hydrogen) atoms. The molecular weight excluding hydrogens is 282 g/mol. The molecule has 0 spiro atoms. The lowest BCUT2D eigenvalue weighted by Crippen LogP contribution is -2.48. The zero-order valence-corrected chi connectivity index (χ0v) is 11.8. The number of halogens is 1. The van der Waals surface area contributed by atoms with E-state index in [1.54, 1.807) is 6.92 Å². The second-order valence-corrected chi connectivity index (χ2v) is 4.69. The lowest BCUT2D eigenvalue weighted by molar-refractivity contribution is 0.142. The van der Waals surface area contributed by atoms with Gasteiger partial charge in [0.15, 0.2) is 5.82 Å². The molecule has 1 saturated heterocycles. The summed E-state index contributed by atoms with van der Waals surface area (Å²) in [7, 11) is 0. The first kappa shape index (κ1) is 14.3. The van der Waals surface area contributed by atoms with Gasteiger partial charge in [-0.3, -0.25) is 0 Å². The number of anilines is 1. The summed E-state index contributed by atoms with van der Waals surface area (Å²) in [6.07, 6.45) is -0.925. The van der Waals surface area contributed by atoms with Gasteiger partial charge >= 0.3 is 6.09 Å². The van der Waals surface area contributed by atoms with Crippen LogP contribution in [0.5, 0.6) is 0 Å². The molecule has 0 atom stereocenters. The fraction of sp³-hybridized carbons (Fsp3) is 0.500. The van der Waals surface area contributed by atoms with Crippen molar-refractivity contribution in [2.24, 2.45) is 0 Å². The third-order valence-corrected chi connectivity index (χ3v) is 3.42. The summed E-state index contributed by atoms with van der Waals surface area (Å²) in [6, 6.07) is 2.09. The van der Waals surface area contributed by atoms with E-state index in [1.807, 2.05) is 4.90 Å². The van der Waals surface area contributed by atoms with Gasteiger partial charge in [0.2, 0.25) is 0 Å². The molecule has 1 aliphatic heterocycles. The molecular formula is C12H14ClN5O2. The number of amides is 1. The maximum atomic E-state index is 10.9. The smallest absolute Gasteiger partial charge is 0.407 e. The number of piperazine rings is 1. The van der Waals surface area contributed by atoms with Crippen molar-refractivity contribution in [3.05, 3.63) is 17.1 Å². The van der Waals surface area contributed by atoms with Crippen LogP contribution in [0.25, 0.3) is 0 Å². The number of rotatable bonds is 2. The standard InChI is InChI=1S/C12H14ClN5O2/c1-8-15-10(6-13)9(7-14)11(16-8)17-2-4-18(5-3-17)12(19)20/h2-6H2,1H3,(H,19,20). The van der Waals surface area contributed by atoms with Gasteiger partial charge in [0, 0.05) is 26.2 Å². The minimum atomic E-state index is -0.925. The van der Waals surface area contributed by atoms with Gasteiger partial charge in [-0.1, -0.05) is 0 Å². The molecule has 2 rings (SSSR count). The molecule has 7 nitrogen and oxygen atoms in total. The van der Waals surface area contributed by atoms with Crippen LogP contribution in [0.15, 0.2) is 0 Å². The number of aryl methyl sites for hydroxylation is 1. The van der Waals surface area contributed by atoms with Crippen molar-refractivity contribution in [1.29, 1.82) is 5.26 Å².